The van der Waals surface area contributed by atoms with Crippen LogP contribution in [0.4, 0.5) is 0 Å². The highest BCUT2D eigenvalue weighted by atomic mass is 79.9. The number of carbonyl (C=O) groups excluding carboxylic acids is 1. The van der Waals surface area contributed by atoms with Gasteiger partial charge in [0.25, 0.3) is 0 Å². The summed E-state index contributed by atoms with van der Waals surface area (Å²) in [6.45, 7) is 1.91. The van der Waals surface area contributed by atoms with Crippen molar-refractivity contribution in [3.63, 3.8) is 0 Å². The number of aromatic nitrogens is 1. The second-order valence-electron chi connectivity index (χ2n) is 3.50. The molecular weight excluding hydrogens is 286 g/mol. The number of thiophene rings is 1. The normalized spacial score (nSPS) is 10.4. The molecule has 0 spiro atoms. The number of nitrogens with zero attached hydrogens (tertiary/aromatic N) is 1. The highest BCUT2D eigenvalue weighted by Gasteiger charge is 2.11. The van der Waals surface area contributed by atoms with Crippen LogP contribution in [-0.2, 0) is 6.42 Å². The third-order valence-electron chi connectivity index (χ3n) is 2.23. The summed E-state index contributed by atoms with van der Waals surface area (Å²) in [5, 5.41) is 1.98. The van der Waals surface area contributed by atoms with Crippen LogP contribution in [-0.4, -0.2) is 10.8 Å². The van der Waals surface area contributed by atoms with Crippen molar-refractivity contribution in [3.8, 4) is 0 Å². The van der Waals surface area contributed by atoms with Crippen LogP contribution in [0.25, 0.3) is 0 Å². The van der Waals surface area contributed by atoms with Gasteiger partial charge in [0.2, 0.25) is 0 Å². The Bertz CT molecular complexity index is 521. The number of ketones is 1. The molecule has 0 saturated heterocycles. The van der Waals surface area contributed by atoms with Crippen molar-refractivity contribution in [2.75, 3.05) is 0 Å². The zero-order valence-corrected chi connectivity index (χ0v) is 11.1. The van der Waals surface area contributed by atoms with Crippen LogP contribution in [0.3, 0.4) is 0 Å². The van der Waals surface area contributed by atoms with Gasteiger partial charge in [0, 0.05) is 27.3 Å². The zero-order valence-electron chi connectivity index (χ0n) is 8.74. The van der Waals surface area contributed by atoms with Gasteiger partial charge in [0.1, 0.15) is 5.69 Å². The Kier molecular flexibility index (Phi) is 3.51. The van der Waals surface area contributed by atoms with Crippen LogP contribution in [0.15, 0.2) is 34.2 Å². The van der Waals surface area contributed by atoms with Crippen LogP contribution in [0, 0.1) is 6.92 Å². The molecule has 0 aliphatic rings. The molecule has 4 heteroatoms. The minimum absolute atomic E-state index is 0.0763. The van der Waals surface area contributed by atoms with Crippen molar-refractivity contribution >= 4 is 33.0 Å². The van der Waals surface area contributed by atoms with Crippen LogP contribution in [0.2, 0.25) is 0 Å². The number of aryl methyl sites for hydroxylation is 1. The third-order valence-corrected chi connectivity index (χ3v) is 3.93. The summed E-state index contributed by atoms with van der Waals surface area (Å²) in [7, 11) is 0. The van der Waals surface area contributed by atoms with Crippen molar-refractivity contribution < 1.29 is 4.79 Å². The van der Waals surface area contributed by atoms with E-state index in [1.165, 1.54) is 0 Å². The van der Waals surface area contributed by atoms with Crippen molar-refractivity contribution in [1.29, 1.82) is 0 Å². The molecular formula is C12H10BrNOS. The molecule has 0 unspecified atom stereocenters. The average molecular weight is 296 g/mol. The van der Waals surface area contributed by atoms with Crippen LogP contribution in [0.5, 0.6) is 0 Å². The molecule has 16 heavy (non-hydrogen) atoms. The summed E-state index contributed by atoms with van der Waals surface area (Å²) in [5.74, 6) is 0.0763. The van der Waals surface area contributed by atoms with Gasteiger partial charge in [0.15, 0.2) is 5.78 Å². The Morgan fingerprint density at radius 2 is 2.38 bits per heavy atom. The predicted molar refractivity (Wildman–Crippen MR) is 69.0 cm³/mol. The zero-order chi connectivity index (χ0) is 11.5. The first-order chi connectivity index (χ1) is 7.66. The Morgan fingerprint density at radius 1 is 1.56 bits per heavy atom. The van der Waals surface area contributed by atoms with Crippen molar-refractivity contribution in [1.82, 2.24) is 4.98 Å². The smallest absolute Gasteiger partial charge is 0.186 e. The van der Waals surface area contributed by atoms with Crippen LogP contribution in [0.1, 0.15) is 20.9 Å². The van der Waals surface area contributed by atoms with Gasteiger partial charge >= 0.3 is 0 Å². The molecule has 0 saturated carbocycles. The lowest BCUT2D eigenvalue weighted by Gasteiger charge is -2.01. The maximum Gasteiger partial charge on any atom is 0.186 e. The molecule has 0 fully saturated rings. The fourth-order valence-corrected chi connectivity index (χ4v) is 2.92. The van der Waals surface area contributed by atoms with E-state index >= 15 is 0 Å². The number of halogens is 1. The molecule has 0 aliphatic carbocycles. The summed E-state index contributed by atoms with van der Waals surface area (Å²) < 4.78 is 1.03. The second kappa shape index (κ2) is 4.89. The summed E-state index contributed by atoms with van der Waals surface area (Å²) in [6.07, 6.45) is 2.08. The van der Waals surface area contributed by atoms with Gasteiger partial charge in [0.05, 0.1) is 0 Å². The quantitative estimate of drug-likeness (QED) is 0.809. The van der Waals surface area contributed by atoms with Crippen molar-refractivity contribution in [3.05, 3.63) is 50.4 Å². The number of Topliss-reactive ketones (excluding diaryl/α,β-unsaturated/α-hetero) is 1. The topological polar surface area (TPSA) is 30.0 Å². The van der Waals surface area contributed by atoms with Crippen molar-refractivity contribution in [2.45, 2.75) is 13.3 Å². The molecule has 0 amide bonds. The first-order valence-corrected chi connectivity index (χ1v) is 6.52. The monoisotopic (exact) mass is 295 g/mol. The Labute approximate surface area is 106 Å². The number of hydrogen-bond donors (Lipinski definition) is 0. The minimum Gasteiger partial charge on any atom is -0.292 e. The summed E-state index contributed by atoms with van der Waals surface area (Å²) in [6, 6.07) is 5.72. The van der Waals surface area contributed by atoms with E-state index in [0.29, 0.717) is 12.1 Å². The highest BCUT2D eigenvalue weighted by molar-refractivity contribution is 9.10. The summed E-state index contributed by atoms with van der Waals surface area (Å²) in [5.41, 5.74) is 1.51. The lowest BCUT2D eigenvalue weighted by molar-refractivity contribution is 0.0988. The van der Waals surface area contributed by atoms with Gasteiger partial charge in [-0.2, -0.15) is 0 Å². The number of hydrogen-bond acceptors (Lipinski definition) is 3. The molecule has 0 N–H and O–H groups in total. The molecule has 82 valence electrons. The van der Waals surface area contributed by atoms with Gasteiger partial charge in [-0.05, 0) is 40.5 Å². The minimum atomic E-state index is 0.0763. The van der Waals surface area contributed by atoms with Gasteiger partial charge < -0.3 is 0 Å². The van der Waals surface area contributed by atoms with Crippen LogP contribution >= 0.6 is 27.3 Å². The van der Waals surface area contributed by atoms with Gasteiger partial charge in [-0.1, -0.05) is 6.07 Å². The average Bonchev–Trinajstić information content (AvgIpc) is 2.64. The molecule has 0 radical (unpaired) electrons. The first kappa shape index (κ1) is 11.5. The first-order valence-electron chi connectivity index (χ1n) is 4.84. The summed E-state index contributed by atoms with van der Waals surface area (Å²) >= 11 is 4.96. The molecule has 0 aromatic carbocycles. The van der Waals surface area contributed by atoms with E-state index in [9.17, 15) is 4.79 Å². The maximum atomic E-state index is 12.0. The molecule has 2 nitrogen and oxygen atoms in total. The molecule has 2 heterocycles. The molecule has 0 bridgehead atoms. The van der Waals surface area contributed by atoms with E-state index in [4.69, 9.17) is 0 Å². The lowest BCUT2D eigenvalue weighted by Crippen LogP contribution is -2.06. The fraction of sp³-hybridized carbons (Fsp3) is 0.167. The van der Waals surface area contributed by atoms with E-state index in [1.54, 1.807) is 17.5 Å². The Morgan fingerprint density at radius 3 is 3.00 bits per heavy atom. The molecule has 0 aliphatic heterocycles. The van der Waals surface area contributed by atoms with Gasteiger partial charge in [-0.15, -0.1) is 11.3 Å². The van der Waals surface area contributed by atoms with E-state index in [2.05, 4.69) is 20.9 Å². The highest BCUT2D eigenvalue weighted by Crippen LogP contribution is 2.21. The lowest BCUT2D eigenvalue weighted by atomic mass is 10.1. The van der Waals surface area contributed by atoms with E-state index in [-0.39, 0.29) is 5.78 Å². The molecule has 2 rings (SSSR count). The Hall–Kier alpha value is -1.000. The standard InChI is InChI=1S/C12H10BrNOS/c1-8-3-2-4-14-12(8)11(15)6-10-5-9(13)7-16-10/h2-5,7H,6H2,1H3. The fourth-order valence-electron chi connectivity index (χ4n) is 1.47. The van der Waals surface area contributed by atoms with Gasteiger partial charge in [-0.3, -0.25) is 9.78 Å². The van der Waals surface area contributed by atoms with Gasteiger partial charge in [-0.25, -0.2) is 0 Å². The number of pyridine rings is 1. The second-order valence-corrected chi connectivity index (χ2v) is 5.41. The predicted octanol–water partition coefficient (Wildman–Crippen LogP) is 3.64. The third kappa shape index (κ3) is 2.57. The SMILES string of the molecule is Cc1cccnc1C(=O)Cc1cc(Br)cs1. The van der Waals surface area contributed by atoms with E-state index < -0.39 is 0 Å². The molecule has 0 atom stereocenters. The Balaban J connectivity index is 2.18. The molecule has 2 aromatic heterocycles. The van der Waals surface area contributed by atoms with Crippen LogP contribution < -0.4 is 0 Å². The molecule has 2 aromatic rings. The largest absolute Gasteiger partial charge is 0.292 e. The summed E-state index contributed by atoms with van der Waals surface area (Å²) in [4.78, 5) is 17.2. The number of rotatable bonds is 3. The maximum absolute atomic E-state index is 12.0. The van der Waals surface area contributed by atoms with Crippen molar-refractivity contribution in [2.24, 2.45) is 0 Å². The number of carbonyl (C=O) groups is 1. The van der Waals surface area contributed by atoms with E-state index in [0.717, 1.165) is 14.9 Å². The van der Waals surface area contributed by atoms with E-state index in [1.807, 2.05) is 30.5 Å².